The van der Waals surface area contributed by atoms with Gasteiger partial charge in [-0.1, -0.05) is 11.6 Å². The highest BCUT2D eigenvalue weighted by Crippen LogP contribution is 2.31. The van der Waals surface area contributed by atoms with Crippen molar-refractivity contribution in [3.63, 3.8) is 0 Å². The predicted octanol–water partition coefficient (Wildman–Crippen LogP) is 4.37. The topological polar surface area (TPSA) is 77.7 Å². The summed E-state index contributed by atoms with van der Waals surface area (Å²) in [5, 5.41) is 0.353. The zero-order valence-corrected chi connectivity index (χ0v) is 16.8. The number of carbonyl (C=O) groups is 1. The molecule has 1 aliphatic rings. The van der Waals surface area contributed by atoms with Crippen LogP contribution in [0.25, 0.3) is 11.1 Å². The summed E-state index contributed by atoms with van der Waals surface area (Å²) in [5.74, 6) is 0.153. The molecule has 150 valence electrons. The summed E-state index contributed by atoms with van der Waals surface area (Å²) >= 11 is 6.14. The number of halogens is 2. The normalized spacial score (nSPS) is 14.5. The van der Waals surface area contributed by atoms with Gasteiger partial charge >= 0.3 is 6.09 Å². The van der Waals surface area contributed by atoms with E-state index in [0.29, 0.717) is 41.7 Å². The number of benzene rings is 1. The van der Waals surface area contributed by atoms with Crippen LogP contribution in [0.2, 0.25) is 5.02 Å². The summed E-state index contributed by atoms with van der Waals surface area (Å²) in [5.41, 5.74) is 6.19. The maximum Gasteiger partial charge on any atom is 0.410 e. The van der Waals surface area contributed by atoms with E-state index in [1.54, 1.807) is 23.2 Å². The maximum atomic E-state index is 13.7. The Morgan fingerprint density at radius 3 is 2.68 bits per heavy atom. The van der Waals surface area contributed by atoms with Crippen molar-refractivity contribution in [3.8, 4) is 17.0 Å². The van der Waals surface area contributed by atoms with Crippen molar-refractivity contribution < 1.29 is 18.7 Å². The highest BCUT2D eigenvalue weighted by Gasteiger charge is 2.34. The Morgan fingerprint density at radius 2 is 2.07 bits per heavy atom. The number of nitrogens with two attached hydrogens (primary N) is 1. The molecule has 1 aromatic carbocycles. The number of likely N-dealkylation sites (tertiary alicyclic amines) is 1. The highest BCUT2D eigenvalue weighted by molar-refractivity contribution is 6.33. The second-order valence-electron chi connectivity index (χ2n) is 7.80. The van der Waals surface area contributed by atoms with E-state index in [-0.39, 0.29) is 17.7 Å². The van der Waals surface area contributed by atoms with Crippen molar-refractivity contribution in [2.75, 3.05) is 25.4 Å². The van der Waals surface area contributed by atoms with Gasteiger partial charge in [-0.2, -0.15) is 0 Å². The predicted molar refractivity (Wildman–Crippen MR) is 106 cm³/mol. The van der Waals surface area contributed by atoms with E-state index in [0.717, 1.165) is 0 Å². The number of hydrogen-bond donors (Lipinski definition) is 1. The molecule has 8 heteroatoms. The molecular weight excluding hydrogens is 385 g/mol. The first-order chi connectivity index (χ1) is 13.1. The SMILES string of the molecule is CC(C)(C)OC(=O)N1CC(COc2ccc(-c3cc(F)c(N)cc3Cl)cn2)C1. The van der Waals surface area contributed by atoms with Gasteiger partial charge in [-0.3, -0.25) is 0 Å². The van der Waals surface area contributed by atoms with Crippen molar-refractivity contribution in [1.82, 2.24) is 9.88 Å². The fourth-order valence-corrected chi connectivity index (χ4v) is 3.04. The Kier molecular flexibility index (Phi) is 5.65. The van der Waals surface area contributed by atoms with Crippen molar-refractivity contribution in [2.24, 2.45) is 5.92 Å². The van der Waals surface area contributed by atoms with Gasteiger partial charge in [0.25, 0.3) is 0 Å². The van der Waals surface area contributed by atoms with Crippen LogP contribution < -0.4 is 10.5 Å². The molecular formula is C20H23ClFN3O3. The fraction of sp³-hybridized carbons (Fsp3) is 0.400. The molecule has 28 heavy (non-hydrogen) atoms. The third-order valence-corrected chi connectivity index (χ3v) is 4.52. The van der Waals surface area contributed by atoms with Crippen LogP contribution in [0.1, 0.15) is 20.8 Å². The average Bonchev–Trinajstić information content (AvgIpc) is 2.56. The molecule has 2 aromatic rings. The molecule has 0 spiro atoms. The summed E-state index contributed by atoms with van der Waals surface area (Å²) in [6.07, 6.45) is 1.26. The number of carbonyl (C=O) groups excluding carboxylic acids is 1. The van der Waals surface area contributed by atoms with E-state index in [4.69, 9.17) is 26.8 Å². The quantitative estimate of drug-likeness (QED) is 0.761. The first-order valence-electron chi connectivity index (χ1n) is 8.94. The van der Waals surface area contributed by atoms with Gasteiger partial charge in [-0.25, -0.2) is 14.2 Å². The van der Waals surface area contributed by atoms with Crippen LogP contribution in [0.5, 0.6) is 5.88 Å². The zero-order valence-electron chi connectivity index (χ0n) is 16.0. The lowest BCUT2D eigenvalue weighted by Gasteiger charge is -2.39. The van der Waals surface area contributed by atoms with Crippen LogP contribution in [0.4, 0.5) is 14.9 Å². The number of pyridine rings is 1. The highest BCUT2D eigenvalue weighted by atomic mass is 35.5. The van der Waals surface area contributed by atoms with Crippen molar-refractivity contribution in [2.45, 2.75) is 26.4 Å². The summed E-state index contributed by atoms with van der Waals surface area (Å²) in [6.45, 7) is 7.15. The van der Waals surface area contributed by atoms with Crippen LogP contribution in [0.15, 0.2) is 30.5 Å². The summed E-state index contributed by atoms with van der Waals surface area (Å²) in [4.78, 5) is 17.8. The first kappa shape index (κ1) is 20.2. The van der Waals surface area contributed by atoms with Gasteiger partial charge in [-0.05, 0) is 39.0 Å². The molecule has 6 nitrogen and oxygen atoms in total. The molecule has 0 bridgehead atoms. The first-order valence-corrected chi connectivity index (χ1v) is 9.32. The number of nitrogen functional groups attached to an aromatic ring is 1. The van der Waals surface area contributed by atoms with Crippen molar-refractivity contribution in [3.05, 3.63) is 41.3 Å². The molecule has 3 rings (SSSR count). The minimum Gasteiger partial charge on any atom is -0.477 e. The smallest absolute Gasteiger partial charge is 0.410 e. The lowest BCUT2D eigenvalue weighted by atomic mass is 10.0. The molecule has 2 N–H and O–H groups in total. The molecule has 2 heterocycles. The largest absolute Gasteiger partial charge is 0.477 e. The molecule has 1 aromatic heterocycles. The van der Waals surface area contributed by atoms with E-state index in [1.807, 2.05) is 20.8 Å². The third kappa shape index (κ3) is 4.84. The number of ether oxygens (including phenoxy) is 2. The maximum absolute atomic E-state index is 13.7. The van der Waals surface area contributed by atoms with Gasteiger partial charge in [0.1, 0.15) is 11.4 Å². The molecule has 0 radical (unpaired) electrons. The molecule has 1 amide bonds. The van der Waals surface area contributed by atoms with Crippen molar-refractivity contribution in [1.29, 1.82) is 0 Å². The van der Waals surface area contributed by atoms with Crippen molar-refractivity contribution >= 4 is 23.4 Å². The lowest BCUT2D eigenvalue weighted by molar-refractivity contribution is -0.00807. The minimum atomic E-state index is -0.528. The summed E-state index contributed by atoms with van der Waals surface area (Å²) in [6, 6.07) is 6.12. The zero-order chi connectivity index (χ0) is 20.5. The fourth-order valence-electron chi connectivity index (χ4n) is 2.76. The average molecular weight is 408 g/mol. The third-order valence-electron chi connectivity index (χ3n) is 4.21. The number of aromatic nitrogens is 1. The second kappa shape index (κ2) is 7.83. The molecule has 0 unspecified atom stereocenters. The standard InChI is InChI=1S/C20H23ClFN3O3/c1-20(2,3)28-19(26)25-9-12(10-25)11-27-18-5-4-13(8-24-18)14-6-16(22)17(23)7-15(14)21/h4-8,12H,9-11,23H2,1-3H3. The molecule has 0 atom stereocenters. The van der Waals surface area contributed by atoms with Crippen LogP contribution in [-0.4, -0.2) is 41.3 Å². The Bertz CT molecular complexity index is 862. The number of hydrogen-bond acceptors (Lipinski definition) is 5. The van der Waals surface area contributed by atoms with Gasteiger partial charge in [0.15, 0.2) is 0 Å². The van der Waals surface area contributed by atoms with Crippen LogP contribution in [-0.2, 0) is 4.74 Å². The van der Waals surface area contributed by atoms with Gasteiger partial charge in [0.05, 0.1) is 17.3 Å². The van der Waals surface area contributed by atoms with Gasteiger partial charge in [0, 0.05) is 42.4 Å². The number of amides is 1. The molecule has 1 saturated heterocycles. The van der Waals surface area contributed by atoms with Crippen LogP contribution in [0.3, 0.4) is 0 Å². The van der Waals surface area contributed by atoms with E-state index in [2.05, 4.69) is 4.98 Å². The summed E-state index contributed by atoms with van der Waals surface area (Å²) in [7, 11) is 0. The Balaban J connectivity index is 1.51. The van der Waals surface area contributed by atoms with Crippen LogP contribution in [0, 0.1) is 11.7 Å². The van der Waals surface area contributed by atoms with Gasteiger partial charge in [0.2, 0.25) is 5.88 Å². The number of rotatable bonds is 4. The Morgan fingerprint density at radius 1 is 1.36 bits per heavy atom. The van der Waals surface area contributed by atoms with Gasteiger partial charge < -0.3 is 20.1 Å². The van der Waals surface area contributed by atoms with E-state index >= 15 is 0 Å². The Hall–Kier alpha value is -2.54. The molecule has 1 fully saturated rings. The molecule has 1 aliphatic heterocycles. The molecule has 0 saturated carbocycles. The van der Waals surface area contributed by atoms with E-state index < -0.39 is 11.4 Å². The summed E-state index contributed by atoms with van der Waals surface area (Å²) < 4.78 is 24.7. The monoisotopic (exact) mass is 407 g/mol. The van der Waals surface area contributed by atoms with E-state index in [1.165, 1.54) is 12.1 Å². The minimum absolute atomic E-state index is 0.00240. The number of nitrogens with zero attached hydrogens (tertiary/aromatic N) is 2. The number of anilines is 1. The Labute approximate surface area is 168 Å². The van der Waals surface area contributed by atoms with Gasteiger partial charge in [-0.15, -0.1) is 0 Å². The van der Waals surface area contributed by atoms with E-state index in [9.17, 15) is 9.18 Å². The lowest BCUT2D eigenvalue weighted by Crippen LogP contribution is -2.53. The second-order valence-corrected chi connectivity index (χ2v) is 8.21. The van der Waals surface area contributed by atoms with Crippen LogP contribution >= 0.6 is 11.6 Å². The molecule has 0 aliphatic carbocycles.